The number of hydrogen-bond donors (Lipinski definition) is 1. The minimum absolute atomic E-state index is 0.0483. The van der Waals surface area contributed by atoms with Crippen molar-refractivity contribution in [3.05, 3.63) is 23.8 Å². The molecule has 1 aliphatic rings. The Bertz CT molecular complexity index is 466. The first-order chi connectivity index (χ1) is 9.01. The Kier molecular flexibility index (Phi) is 3.95. The van der Waals surface area contributed by atoms with Crippen LogP contribution in [0.5, 0.6) is 5.75 Å². The van der Waals surface area contributed by atoms with Crippen molar-refractivity contribution in [2.24, 2.45) is 0 Å². The van der Waals surface area contributed by atoms with Crippen molar-refractivity contribution in [1.29, 1.82) is 0 Å². The van der Waals surface area contributed by atoms with Crippen LogP contribution in [0.4, 0.5) is 5.69 Å². The minimum Gasteiger partial charge on any atom is -0.497 e. The number of morpholine rings is 1. The molecule has 5 heteroatoms. The molecule has 104 valence electrons. The second-order valence-electron chi connectivity index (χ2n) is 4.92. The van der Waals surface area contributed by atoms with E-state index in [9.17, 15) is 4.79 Å². The number of benzene rings is 1. The number of nitrogens with zero attached hydrogens (tertiary/aromatic N) is 1. The maximum atomic E-state index is 12.5. The highest BCUT2D eigenvalue weighted by molar-refractivity contribution is 5.99. The number of methoxy groups -OCH3 is 1. The van der Waals surface area contributed by atoms with Gasteiger partial charge in [-0.2, -0.15) is 0 Å². The summed E-state index contributed by atoms with van der Waals surface area (Å²) in [5.74, 6) is 0.597. The molecule has 1 amide bonds. The zero-order chi connectivity index (χ0) is 14.0. The fraction of sp³-hybridized carbons (Fsp3) is 0.500. The number of rotatable bonds is 2. The molecule has 0 aromatic heterocycles. The lowest BCUT2D eigenvalue weighted by Crippen LogP contribution is -2.48. The second kappa shape index (κ2) is 5.48. The SMILES string of the molecule is COc1ccc(C(=O)N2C[C@@H](C)O[C@@H](C)C2)c(N)c1. The maximum Gasteiger partial charge on any atom is 0.256 e. The van der Waals surface area contributed by atoms with E-state index in [1.54, 1.807) is 30.2 Å². The fourth-order valence-corrected chi connectivity index (χ4v) is 2.38. The van der Waals surface area contributed by atoms with Crippen LogP contribution in [0.25, 0.3) is 0 Å². The summed E-state index contributed by atoms with van der Waals surface area (Å²) in [7, 11) is 1.57. The Labute approximate surface area is 113 Å². The Morgan fingerprint density at radius 2 is 2.00 bits per heavy atom. The van der Waals surface area contributed by atoms with Gasteiger partial charge in [0.25, 0.3) is 5.91 Å². The molecule has 0 saturated carbocycles. The molecule has 19 heavy (non-hydrogen) atoms. The normalized spacial score (nSPS) is 23.2. The molecule has 1 aromatic carbocycles. The molecule has 2 N–H and O–H groups in total. The minimum atomic E-state index is -0.0536. The van der Waals surface area contributed by atoms with Gasteiger partial charge in [0.05, 0.1) is 24.9 Å². The lowest BCUT2D eigenvalue weighted by Gasteiger charge is -2.35. The van der Waals surface area contributed by atoms with Gasteiger partial charge in [-0.25, -0.2) is 0 Å². The Hall–Kier alpha value is -1.75. The molecule has 1 aliphatic heterocycles. The zero-order valence-electron chi connectivity index (χ0n) is 11.6. The van der Waals surface area contributed by atoms with Gasteiger partial charge in [-0.3, -0.25) is 4.79 Å². The van der Waals surface area contributed by atoms with Crippen molar-refractivity contribution in [2.45, 2.75) is 26.1 Å². The van der Waals surface area contributed by atoms with Crippen molar-refractivity contribution < 1.29 is 14.3 Å². The number of nitrogens with two attached hydrogens (primary N) is 1. The van der Waals surface area contributed by atoms with Crippen LogP contribution >= 0.6 is 0 Å². The number of amides is 1. The third kappa shape index (κ3) is 2.98. The highest BCUT2D eigenvalue weighted by Gasteiger charge is 2.27. The summed E-state index contributed by atoms with van der Waals surface area (Å²) in [5, 5.41) is 0. The van der Waals surface area contributed by atoms with Gasteiger partial charge < -0.3 is 20.1 Å². The van der Waals surface area contributed by atoms with Crippen LogP contribution in [-0.4, -0.2) is 43.2 Å². The second-order valence-corrected chi connectivity index (χ2v) is 4.92. The summed E-state index contributed by atoms with van der Waals surface area (Å²) in [6.45, 7) is 5.12. The molecule has 0 aliphatic carbocycles. The molecule has 0 bridgehead atoms. The van der Waals surface area contributed by atoms with Gasteiger partial charge >= 0.3 is 0 Å². The third-order valence-corrected chi connectivity index (χ3v) is 3.20. The molecule has 5 nitrogen and oxygen atoms in total. The van der Waals surface area contributed by atoms with Crippen LogP contribution in [0.3, 0.4) is 0 Å². The number of carbonyl (C=O) groups excluding carboxylic acids is 1. The Morgan fingerprint density at radius 3 is 2.53 bits per heavy atom. The van der Waals surface area contributed by atoms with Crippen LogP contribution in [0.15, 0.2) is 18.2 Å². The van der Waals surface area contributed by atoms with E-state index in [0.29, 0.717) is 30.1 Å². The first kappa shape index (κ1) is 13.7. The van der Waals surface area contributed by atoms with Crippen molar-refractivity contribution >= 4 is 11.6 Å². The van der Waals surface area contributed by atoms with E-state index in [4.69, 9.17) is 15.2 Å². The van der Waals surface area contributed by atoms with E-state index in [2.05, 4.69) is 0 Å². The van der Waals surface area contributed by atoms with Gasteiger partial charge in [0.15, 0.2) is 0 Å². The quantitative estimate of drug-likeness (QED) is 0.823. The van der Waals surface area contributed by atoms with Gasteiger partial charge in [-0.15, -0.1) is 0 Å². The average Bonchev–Trinajstić information content (AvgIpc) is 2.36. The van der Waals surface area contributed by atoms with E-state index in [-0.39, 0.29) is 18.1 Å². The predicted molar refractivity (Wildman–Crippen MR) is 73.3 cm³/mol. The monoisotopic (exact) mass is 264 g/mol. The summed E-state index contributed by atoms with van der Waals surface area (Å²) in [6, 6.07) is 5.12. The maximum absolute atomic E-state index is 12.5. The van der Waals surface area contributed by atoms with E-state index in [0.717, 1.165) is 0 Å². The lowest BCUT2D eigenvalue weighted by molar-refractivity contribution is -0.0585. The smallest absolute Gasteiger partial charge is 0.256 e. The molecule has 1 saturated heterocycles. The molecule has 0 unspecified atom stereocenters. The molecule has 0 radical (unpaired) electrons. The molecule has 0 spiro atoms. The first-order valence-electron chi connectivity index (χ1n) is 6.39. The fourth-order valence-electron chi connectivity index (χ4n) is 2.38. The zero-order valence-corrected chi connectivity index (χ0v) is 11.6. The van der Waals surface area contributed by atoms with Crippen molar-refractivity contribution in [2.75, 3.05) is 25.9 Å². The number of ether oxygens (including phenoxy) is 2. The van der Waals surface area contributed by atoms with Gasteiger partial charge in [0.1, 0.15) is 5.75 Å². The van der Waals surface area contributed by atoms with Crippen LogP contribution in [0.2, 0.25) is 0 Å². The largest absolute Gasteiger partial charge is 0.497 e. The van der Waals surface area contributed by atoms with E-state index in [1.807, 2.05) is 13.8 Å². The van der Waals surface area contributed by atoms with Gasteiger partial charge in [-0.05, 0) is 26.0 Å². The highest BCUT2D eigenvalue weighted by Crippen LogP contribution is 2.22. The van der Waals surface area contributed by atoms with E-state index < -0.39 is 0 Å². The molecule has 2 rings (SSSR count). The van der Waals surface area contributed by atoms with Gasteiger partial charge in [0, 0.05) is 24.8 Å². The van der Waals surface area contributed by atoms with Crippen molar-refractivity contribution in [3.63, 3.8) is 0 Å². The van der Waals surface area contributed by atoms with E-state index >= 15 is 0 Å². The van der Waals surface area contributed by atoms with Crippen LogP contribution in [-0.2, 0) is 4.74 Å². The number of nitrogen functional groups attached to an aromatic ring is 1. The summed E-state index contributed by atoms with van der Waals surface area (Å²) in [5.41, 5.74) is 6.87. The van der Waals surface area contributed by atoms with Gasteiger partial charge in [-0.1, -0.05) is 0 Å². The lowest BCUT2D eigenvalue weighted by atomic mass is 10.1. The molecule has 1 fully saturated rings. The topological polar surface area (TPSA) is 64.8 Å². The first-order valence-corrected chi connectivity index (χ1v) is 6.39. The number of carbonyl (C=O) groups is 1. The predicted octanol–water partition coefficient (Wildman–Crippen LogP) is 1.53. The molecule has 1 heterocycles. The molecular formula is C14H20N2O3. The number of anilines is 1. The van der Waals surface area contributed by atoms with E-state index in [1.165, 1.54) is 0 Å². The van der Waals surface area contributed by atoms with Crippen molar-refractivity contribution in [1.82, 2.24) is 4.90 Å². The summed E-state index contributed by atoms with van der Waals surface area (Å²) in [4.78, 5) is 14.2. The van der Waals surface area contributed by atoms with Gasteiger partial charge in [0.2, 0.25) is 0 Å². The number of hydrogen-bond acceptors (Lipinski definition) is 4. The Balaban J connectivity index is 2.19. The summed E-state index contributed by atoms with van der Waals surface area (Å²) < 4.78 is 10.7. The van der Waals surface area contributed by atoms with Crippen LogP contribution in [0, 0.1) is 0 Å². The molecule has 2 atom stereocenters. The average molecular weight is 264 g/mol. The standard InChI is InChI=1S/C14H20N2O3/c1-9-7-16(8-10(2)19-9)14(17)12-5-4-11(18-3)6-13(12)15/h4-6,9-10H,7-8,15H2,1-3H3/t9-,10+. The summed E-state index contributed by atoms with van der Waals surface area (Å²) in [6.07, 6.45) is 0.0966. The van der Waals surface area contributed by atoms with Crippen LogP contribution in [0.1, 0.15) is 24.2 Å². The molecule has 1 aromatic rings. The summed E-state index contributed by atoms with van der Waals surface area (Å²) >= 11 is 0. The van der Waals surface area contributed by atoms with Crippen LogP contribution < -0.4 is 10.5 Å². The highest BCUT2D eigenvalue weighted by atomic mass is 16.5. The molecular weight excluding hydrogens is 244 g/mol. The van der Waals surface area contributed by atoms with Crippen molar-refractivity contribution in [3.8, 4) is 5.75 Å². The third-order valence-electron chi connectivity index (χ3n) is 3.20. The Morgan fingerprint density at radius 1 is 1.37 bits per heavy atom.